The minimum Gasteiger partial charge on any atom is -0.475 e. The highest BCUT2D eigenvalue weighted by Gasteiger charge is 2.41. The van der Waals surface area contributed by atoms with E-state index in [4.69, 9.17) is 49.2 Å². The van der Waals surface area contributed by atoms with E-state index in [9.17, 15) is 22.5 Å². The summed E-state index contributed by atoms with van der Waals surface area (Å²) in [6.07, 6.45) is -5.79. The van der Waals surface area contributed by atoms with Crippen molar-refractivity contribution in [3.05, 3.63) is 101 Å². The van der Waals surface area contributed by atoms with Crippen molar-refractivity contribution < 1.29 is 60.4 Å². The van der Waals surface area contributed by atoms with Gasteiger partial charge in [0.15, 0.2) is 5.78 Å². The van der Waals surface area contributed by atoms with Crippen molar-refractivity contribution in [1.82, 2.24) is 5.32 Å². The number of anilines is 1. The van der Waals surface area contributed by atoms with Crippen LogP contribution in [0.25, 0.3) is 10.4 Å². The number of azide groups is 1. The van der Waals surface area contributed by atoms with E-state index in [2.05, 4.69) is 15.3 Å². The molecule has 15 nitrogen and oxygen atoms in total. The van der Waals surface area contributed by atoms with Crippen molar-refractivity contribution in [2.24, 2.45) is 5.11 Å². The van der Waals surface area contributed by atoms with Gasteiger partial charge in [0.25, 0.3) is 0 Å². The minimum atomic E-state index is -5.08. The molecule has 0 saturated heterocycles. The summed E-state index contributed by atoms with van der Waals surface area (Å²) in [4.78, 5) is 24.4. The number of halogens is 3. The van der Waals surface area contributed by atoms with Crippen LogP contribution in [0.2, 0.25) is 0 Å². The second-order valence-corrected chi connectivity index (χ2v) is 11.8. The topological polar surface area (TPSA) is 214 Å². The number of alkyl carbamates (subject to hydrolysis) is 1. The van der Waals surface area contributed by atoms with Crippen molar-refractivity contribution in [3.8, 4) is 11.5 Å². The van der Waals surface area contributed by atoms with E-state index >= 15 is 0 Å². The fourth-order valence-corrected chi connectivity index (χ4v) is 5.41. The number of aliphatic carboxylic acids is 1. The summed E-state index contributed by atoms with van der Waals surface area (Å²) in [5.41, 5.74) is 15.3. The van der Waals surface area contributed by atoms with Crippen LogP contribution in [0.1, 0.15) is 5.56 Å². The fraction of sp³-hybridized carbons (Fsp3) is 0.355. The van der Waals surface area contributed by atoms with Gasteiger partial charge in [0, 0.05) is 23.6 Å². The molecule has 0 saturated carbocycles. The van der Waals surface area contributed by atoms with Gasteiger partial charge in [-0.2, -0.15) is 13.2 Å². The second-order valence-electron chi connectivity index (χ2n) is 9.68. The molecule has 1 amide bonds. The Hall–Kier alpha value is -4.99. The number of hydrogen-bond donors (Lipinski definition) is 3. The highest BCUT2D eigenvalue weighted by atomic mass is 31.2. The lowest BCUT2D eigenvalue weighted by atomic mass is 10.1. The molecule has 0 fully saturated rings. The molecule has 0 spiro atoms. The van der Waals surface area contributed by atoms with Gasteiger partial charge in [0.2, 0.25) is 0 Å². The number of nitrogens with two attached hydrogens (primary N) is 1. The molecule has 0 aliphatic rings. The minimum absolute atomic E-state index is 0.0493. The molecule has 272 valence electrons. The van der Waals surface area contributed by atoms with E-state index in [0.29, 0.717) is 43.6 Å². The first-order valence-electron chi connectivity index (χ1n) is 14.8. The molecule has 0 radical (unpaired) electrons. The van der Waals surface area contributed by atoms with Gasteiger partial charge in [-0.3, -0.25) is 0 Å². The molecule has 1 unspecified atom stereocenters. The Labute approximate surface area is 285 Å². The number of hydrogen-bond acceptors (Lipinski definition) is 11. The number of amides is 1. The quantitative estimate of drug-likeness (QED) is 0.0297. The first-order valence-corrected chi connectivity index (χ1v) is 16.4. The summed E-state index contributed by atoms with van der Waals surface area (Å²) in [5.74, 6) is -3.25. The lowest BCUT2D eigenvalue weighted by Crippen LogP contribution is -2.39. The highest BCUT2D eigenvalue weighted by Crippen LogP contribution is 2.53. The predicted octanol–water partition coefficient (Wildman–Crippen LogP) is 6.21. The average molecular weight is 728 g/mol. The van der Waals surface area contributed by atoms with Crippen LogP contribution in [0.5, 0.6) is 11.5 Å². The number of carboxylic acids is 1. The van der Waals surface area contributed by atoms with Crippen molar-refractivity contribution in [3.63, 3.8) is 0 Å². The van der Waals surface area contributed by atoms with Crippen LogP contribution in [0, 0.1) is 0 Å². The molecule has 0 aliphatic carbocycles. The number of carbonyl (C=O) groups excluding carboxylic acids is 1. The Kier molecular flexibility index (Phi) is 18.6. The molecule has 0 aliphatic heterocycles. The Bertz CT molecular complexity index is 1470. The number of benzene rings is 3. The van der Waals surface area contributed by atoms with Gasteiger partial charge in [0.1, 0.15) is 18.1 Å². The van der Waals surface area contributed by atoms with Gasteiger partial charge >= 0.3 is 25.8 Å². The fourth-order valence-electron chi connectivity index (χ4n) is 3.58. The van der Waals surface area contributed by atoms with Crippen molar-refractivity contribution in [1.29, 1.82) is 0 Å². The Morgan fingerprint density at radius 1 is 0.820 bits per heavy atom. The lowest BCUT2D eigenvalue weighted by Gasteiger charge is -2.28. The molecule has 0 bridgehead atoms. The summed E-state index contributed by atoms with van der Waals surface area (Å²) in [6.45, 7) is 2.02. The largest absolute Gasteiger partial charge is 0.490 e. The molecule has 0 aromatic heterocycles. The standard InChI is InChI=1S/C29H36N5O8P.C2HF3O2/c30-25-13-11-24(12-14-25)23-28(33-29(35)40-22-21-39-20-19-38-18-17-37-16-15-32-34-31)43(36,41-26-7-3-1-4-8-26)42-27-9-5-2-6-10-27;3-2(4,5)1(6)7/h1-14,28H,15-23,30H2,(H,33,35);(H,6,7). The average Bonchev–Trinajstić information content (AvgIpc) is 3.08. The van der Waals surface area contributed by atoms with Crippen molar-refractivity contribution >= 4 is 25.3 Å². The van der Waals surface area contributed by atoms with E-state index in [1.807, 2.05) is 0 Å². The molecule has 3 rings (SSSR count). The Morgan fingerprint density at radius 3 is 1.74 bits per heavy atom. The summed E-state index contributed by atoms with van der Waals surface area (Å²) >= 11 is 0. The second kappa shape index (κ2) is 22.6. The molecule has 3 aromatic rings. The summed E-state index contributed by atoms with van der Waals surface area (Å²) < 4.78 is 79.4. The van der Waals surface area contributed by atoms with E-state index in [-0.39, 0.29) is 32.8 Å². The van der Waals surface area contributed by atoms with Gasteiger partial charge in [-0.25, -0.2) is 14.2 Å². The van der Waals surface area contributed by atoms with E-state index < -0.39 is 31.6 Å². The Balaban J connectivity index is 0.00000112. The predicted molar refractivity (Wildman–Crippen MR) is 175 cm³/mol. The number of rotatable bonds is 20. The molecule has 50 heavy (non-hydrogen) atoms. The number of alkyl halides is 3. The maximum atomic E-state index is 14.4. The SMILES string of the molecule is O=C(O)C(F)(F)F.[N-]=[N+]=NCCOCCOCCOCCOC(=O)NC(Cc1ccc(N)cc1)P(=O)(Oc1ccccc1)Oc1ccccc1. The molecule has 1 atom stereocenters. The summed E-state index contributed by atoms with van der Waals surface area (Å²) in [5, 5.41) is 13.2. The van der Waals surface area contributed by atoms with Gasteiger partial charge in [-0.15, -0.1) is 0 Å². The third-order valence-electron chi connectivity index (χ3n) is 5.87. The molecule has 4 N–H and O–H groups in total. The van der Waals surface area contributed by atoms with Crippen LogP contribution in [0.4, 0.5) is 23.7 Å². The van der Waals surface area contributed by atoms with Crippen LogP contribution < -0.4 is 20.1 Å². The molecular formula is C31H37F3N5O10P. The van der Waals surface area contributed by atoms with Gasteiger partial charge in [-0.1, -0.05) is 53.6 Å². The number of nitrogen functional groups attached to an aromatic ring is 1. The number of nitrogens with one attached hydrogen (secondary N) is 1. The molecule has 0 heterocycles. The summed E-state index contributed by atoms with van der Waals surface area (Å²) in [7, 11) is -4.10. The first-order chi connectivity index (χ1) is 23.9. The van der Waals surface area contributed by atoms with Gasteiger partial charge in [0.05, 0.1) is 39.6 Å². The number of para-hydroxylation sites is 2. The van der Waals surface area contributed by atoms with E-state index in [0.717, 1.165) is 5.56 Å². The van der Waals surface area contributed by atoms with Crippen molar-refractivity contribution in [2.75, 3.05) is 58.5 Å². The van der Waals surface area contributed by atoms with Gasteiger partial charge in [-0.05, 0) is 47.5 Å². The number of carboxylic acid groups (broad SMARTS) is 1. The zero-order valence-electron chi connectivity index (χ0n) is 26.6. The Morgan fingerprint density at radius 2 is 1.28 bits per heavy atom. The number of carbonyl (C=O) groups is 2. The zero-order chi connectivity index (χ0) is 36.7. The smallest absolute Gasteiger partial charge is 0.475 e. The van der Waals surface area contributed by atoms with Gasteiger partial charge < -0.3 is 44.2 Å². The number of ether oxygens (including phenoxy) is 4. The van der Waals surface area contributed by atoms with Crippen LogP contribution in [-0.2, 0) is 34.7 Å². The maximum absolute atomic E-state index is 14.4. The van der Waals surface area contributed by atoms with Crippen molar-refractivity contribution in [2.45, 2.75) is 18.4 Å². The van der Waals surface area contributed by atoms with Crippen LogP contribution >= 0.6 is 7.60 Å². The zero-order valence-corrected chi connectivity index (χ0v) is 27.5. The monoisotopic (exact) mass is 727 g/mol. The first kappa shape index (κ1) is 41.2. The van der Waals surface area contributed by atoms with E-state index in [1.165, 1.54) is 0 Å². The maximum Gasteiger partial charge on any atom is 0.490 e. The van der Waals surface area contributed by atoms with Crippen LogP contribution in [0.3, 0.4) is 0 Å². The third-order valence-corrected chi connectivity index (χ3v) is 7.88. The van der Waals surface area contributed by atoms with Crippen LogP contribution in [0.15, 0.2) is 90.0 Å². The van der Waals surface area contributed by atoms with E-state index in [1.54, 1.807) is 84.9 Å². The van der Waals surface area contributed by atoms with Crippen LogP contribution in [-0.4, -0.2) is 81.9 Å². The molecular weight excluding hydrogens is 690 g/mol. The summed E-state index contributed by atoms with van der Waals surface area (Å²) in [6, 6.07) is 24.2. The molecule has 3 aromatic carbocycles. The number of nitrogens with zero attached hydrogens (tertiary/aromatic N) is 3. The molecule has 19 heteroatoms. The lowest BCUT2D eigenvalue weighted by molar-refractivity contribution is -0.192. The third kappa shape index (κ3) is 17.4. The normalized spacial score (nSPS) is 11.6. The highest BCUT2D eigenvalue weighted by molar-refractivity contribution is 7.55.